The SMILES string of the molecule is Cc1cscc1C(=O)NCCOC1CCC(N)CC1. The molecule has 1 aromatic rings. The second kappa shape index (κ2) is 7.03. The number of hydrogen-bond donors (Lipinski definition) is 2. The summed E-state index contributed by atoms with van der Waals surface area (Å²) < 4.78 is 5.76. The summed E-state index contributed by atoms with van der Waals surface area (Å²) in [6.45, 7) is 3.10. The Labute approximate surface area is 118 Å². The van der Waals surface area contributed by atoms with E-state index >= 15 is 0 Å². The molecule has 0 unspecified atom stereocenters. The Morgan fingerprint density at radius 2 is 2.16 bits per heavy atom. The molecule has 19 heavy (non-hydrogen) atoms. The molecule has 0 radical (unpaired) electrons. The molecule has 0 aromatic carbocycles. The lowest BCUT2D eigenvalue weighted by Gasteiger charge is -2.26. The number of carbonyl (C=O) groups excluding carboxylic acids is 1. The molecule has 1 aliphatic carbocycles. The molecule has 4 nitrogen and oxygen atoms in total. The third kappa shape index (κ3) is 4.30. The van der Waals surface area contributed by atoms with E-state index in [4.69, 9.17) is 10.5 Å². The van der Waals surface area contributed by atoms with Gasteiger partial charge in [0.1, 0.15) is 0 Å². The molecule has 0 saturated heterocycles. The van der Waals surface area contributed by atoms with Crippen molar-refractivity contribution in [2.45, 2.75) is 44.8 Å². The lowest BCUT2D eigenvalue weighted by molar-refractivity contribution is 0.0267. The van der Waals surface area contributed by atoms with Gasteiger partial charge >= 0.3 is 0 Å². The van der Waals surface area contributed by atoms with E-state index in [-0.39, 0.29) is 5.91 Å². The quantitative estimate of drug-likeness (QED) is 0.813. The van der Waals surface area contributed by atoms with Gasteiger partial charge in [-0.2, -0.15) is 11.3 Å². The van der Waals surface area contributed by atoms with E-state index in [0.29, 0.717) is 25.3 Å². The van der Waals surface area contributed by atoms with Crippen LogP contribution in [-0.4, -0.2) is 31.2 Å². The molecule has 3 N–H and O–H groups in total. The van der Waals surface area contributed by atoms with Crippen LogP contribution in [0, 0.1) is 6.92 Å². The maximum atomic E-state index is 11.8. The van der Waals surface area contributed by atoms with E-state index in [1.807, 2.05) is 17.7 Å². The average Bonchev–Trinajstić information content (AvgIpc) is 2.83. The number of rotatable bonds is 5. The Bertz CT molecular complexity index is 411. The molecular formula is C14H22N2O2S. The van der Waals surface area contributed by atoms with E-state index in [2.05, 4.69) is 5.32 Å². The zero-order valence-electron chi connectivity index (χ0n) is 11.4. The van der Waals surface area contributed by atoms with Crippen LogP contribution in [0.2, 0.25) is 0 Å². The van der Waals surface area contributed by atoms with Crippen molar-refractivity contribution in [1.82, 2.24) is 5.32 Å². The highest BCUT2D eigenvalue weighted by Gasteiger charge is 2.18. The van der Waals surface area contributed by atoms with Crippen LogP contribution in [-0.2, 0) is 4.74 Å². The standard InChI is InChI=1S/C14H22N2O2S/c1-10-8-19-9-13(10)14(17)16-6-7-18-12-4-2-11(15)3-5-12/h8-9,11-12H,2-7,15H2,1H3,(H,16,17). The summed E-state index contributed by atoms with van der Waals surface area (Å²) in [7, 11) is 0. The Morgan fingerprint density at radius 3 is 2.79 bits per heavy atom. The summed E-state index contributed by atoms with van der Waals surface area (Å²) in [5.74, 6) is -0.00647. The Morgan fingerprint density at radius 1 is 1.42 bits per heavy atom. The summed E-state index contributed by atoms with van der Waals surface area (Å²) in [5, 5.41) is 6.76. The van der Waals surface area contributed by atoms with E-state index in [1.54, 1.807) is 11.3 Å². The molecule has 1 heterocycles. The number of nitrogens with one attached hydrogen (secondary N) is 1. The number of thiophene rings is 1. The van der Waals surface area contributed by atoms with Crippen LogP contribution in [0.15, 0.2) is 10.8 Å². The van der Waals surface area contributed by atoms with Crippen molar-refractivity contribution in [2.75, 3.05) is 13.2 Å². The predicted molar refractivity (Wildman–Crippen MR) is 77.6 cm³/mol. The second-order valence-corrected chi connectivity index (χ2v) is 5.88. The molecule has 1 saturated carbocycles. The smallest absolute Gasteiger partial charge is 0.252 e. The van der Waals surface area contributed by atoms with Crippen molar-refractivity contribution in [1.29, 1.82) is 0 Å². The average molecular weight is 282 g/mol. The highest BCUT2D eigenvalue weighted by molar-refractivity contribution is 7.08. The third-order valence-corrected chi connectivity index (χ3v) is 4.42. The number of hydrogen-bond acceptors (Lipinski definition) is 4. The van der Waals surface area contributed by atoms with Crippen LogP contribution in [0.5, 0.6) is 0 Å². The molecule has 1 aliphatic rings. The fourth-order valence-corrected chi connectivity index (χ4v) is 3.16. The summed E-state index contributed by atoms with van der Waals surface area (Å²) in [6.07, 6.45) is 4.49. The molecular weight excluding hydrogens is 260 g/mol. The van der Waals surface area contributed by atoms with Crippen molar-refractivity contribution in [3.8, 4) is 0 Å². The van der Waals surface area contributed by atoms with Gasteiger partial charge in [0, 0.05) is 18.0 Å². The Kier molecular flexibility index (Phi) is 5.36. The highest BCUT2D eigenvalue weighted by atomic mass is 32.1. The number of ether oxygens (including phenoxy) is 1. The van der Waals surface area contributed by atoms with Gasteiger partial charge in [-0.05, 0) is 43.6 Å². The van der Waals surface area contributed by atoms with Crippen LogP contribution in [0.3, 0.4) is 0 Å². The van der Waals surface area contributed by atoms with E-state index < -0.39 is 0 Å². The van der Waals surface area contributed by atoms with Gasteiger partial charge in [0.05, 0.1) is 18.3 Å². The molecule has 0 spiro atoms. The molecule has 1 fully saturated rings. The fraction of sp³-hybridized carbons (Fsp3) is 0.643. The van der Waals surface area contributed by atoms with Crippen LogP contribution in [0.25, 0.3) is 0 Å². The molecule has 0 atom stereocenters. The largest absolute Gasteiger partial charge is 0.376 e. The van der Waals surface area contributed by atoms with Crippen LogP contribution in [0.1, 0.15) is 41.6 Å². The van der Waals surface area contributed by atoms with Gasteiger partial charge in [0.2, 0.25) is 0 Å². The monoisotopic (exact) mass is 282 g/mol. The van der Waals surface area contributed by atoms with Crippen molar-refractivity contribution >= 4 is 17.2 Å². The Balaban J connectivity index is 1.62. The third-order valence-electron chi connectivity index (χ3n) is 3.56. The van der Waals surface area contributed by atoms with Crippen LogP contribution in [0.4, 0.5) is 0 Å². The van der Waals surface area contributed by atoms with Gasteiger partial charge in [0.25, 0.3) is 5.91 Å². The molecule has 0 aliphatic heterocycles. The lowest BCUT2D eigenvalue weighted by Crippen LogP contribution is -2.33. The van der Waals surface area contributed by atoms with Crippen LogP contribution < -0.4 is 11.1 Å². The number of nitrogens with two attached hydrogens (primary N) is 1. The zero-order valence-corrected chi connectivity index (χ0v) is 12.2. The molecule has 0 bridgehead atoms. The van der Waals surface area contributed by atoms with Gasteiger partial charge < -0.3 is 15.8 Å². The summed E-state index contributed by atoms with van der Waals surface area (Å²) in [5.41, 5.74) is 7.65. The predicted octanol–water partition coefficient (Wildman–Crippen LogP) is 2.07. The topological polar surface area (TPSA) is 64.3 Å². The minimum Gasteiger partial charge on any atom is -0.376 e. The first-order valence-electron chi connectivity index (χ1n) is 6.85. The van der Waals surface area contributed by atoms with Gasteiger partial charge in [-0.25, -0.2) is 0 Å². The second-order valence-electron chi connectivity index (χ2n) is 5.13. The van der Waals surface area contributed by atoms with E-state index in [0.717, 1.165) is 36.8 Å². The minimum atomic E-state index is -0.00647. The molecule has 106 valence electrons. The van der Waals surface area contributed by atoms with E-state index in [9.17, 15) is 4.79 Å². The lowest BCUT2D eigenvalue weighted by atomic mass is 9.94. The first-order chi connectivity index (χ1) is 9.16. The molecule has 2 rings (SSSR count). The summed E-state index contributed by atoms with van der Waals surface area (Å²) in [6, 6.07) is 0.348. The Hall–Kier alpha value is -0.910. The van der Waals surface area contributed by atoms with E-state index in [1.165, 1.54) is 0 Å². The fourth-order valence-electron chi connectivity index (χ4n) is 2.33. The molecule has 1 aromatic heterocycles. The zero-order chi connectivity index (χ0) is 13.7. The van der Waals surface area contributed by atoms with Gasteiger partial charge in [-0.3, -0.25) is 4.79 Å². The van der Waals surface area contributed by atoms with Crippen molar-refractivity contribution in [3.63, 3.8) is 0 Å². The van der Waals surface area contributed by atoms with Crippen molar-refractivity contribution < 1.29 is 9.53 Å². The minimum absolute atomic E-state index is 0.00647. The summed E-state index contributed by atoms with van der Waals surface area (Å²) >= 11 is 1.55. The highest BCUT2D eigenvalue weighted by Crippen LogP contribution is 2.19. The number of amides is 1. The maximum absolute atomic E-state index is 11.8. The number of aryl methyl sites for hydroxylation is 1. The molecule has 1 amide bonds. The maximum Gasteiger partial charge on any atom is 0.252 e. The molecule has 5 heteroatoms. The van der Waals surface area contributed by atoms with Gasteiger partial charge in [-0.15, -0.1) is 0 Å². The van der Waals surface area contributed by atoms with Crippen molar-refractivity contribution in [2.24, 2.45) is 5.73 Å². The first kappa shape index (κ1) is 14.5. The normalized spacial score (nSPS) is 23.3. The van der Waals surface area contributed by atoms with Crippen molar-refractivity contribution in [3.05, 3.63) is 21.9 Å². The summed E-state index contributed by atoms with van der Waals surface area (Å²) in [4.78, 5) is 11.8. The van der Waals surface area contributed by atoms with Gasteiger partial charge in [-0.1, -0.05) is 0 Å². The van der Waals surface area contributed by atoms with Crippen LogP contribution >= 0.6 is 11.3 Å². The van der Waals surface area contributed by atoms with Gasteiger partial charge in [0.15, 0.2) is 0 Å². The first-order valence-corrected chi connectivity index (χ1v) is 7.79. The number of carbonyl (C=O) groups is 1.